The number of aromatic nitrogens is 1. The van der Waals surface area contributed by atoms with Crippen LogP contribution in [-0.2, 0) is 0 Å². The smallest absolute Gasteiger partial charge is 0.257 e. The van der Waals surface area contributed by atoms with Crippen LogP contribution in [0.2, 0.25) is 0 Å². The molecule has 1 N–H and O–H groups in total. The molecule has 104 valence electrons. The van der Waals surface area contributed by atoms with Crippen LogP contribution in [0.4, 0.5) is 10.2 Å². The van der Waals surface area contributed by atoms with Crippen LogP contribution in [-0.4, -0.2) is 46.9 Å². The molecule has 1 atom stereocenters. The largest absolute Gasteiger partial charge is 0.371 e. The van der Waals surface area contributed by atoms with E-state index in [2.05, 4.69) is 17.2 Å². The third-order valence-corrected chi connectivity index (χ3v) is 4.61. The Balaban J connectivity index is 2.19. The number of halogens is 1. The number of pyridine rings is 1. The predicted octanol–water partition coefficient (Wildman–Crippen LogP) is 2.23. The van der Waals surface area contributed by atoms with Gasteiger partial charge >= 0.3 is 0 Å². The molecule has 1 aliphatic heterocycles. The second-order valence-electron chi connectivity index (χ2n) is 4.42. The summed E-state index contributed by atoms with van der Waals surface area (Å²) in [7, 11) is 1.59. The molecular formula is C13H18FN3OS. The van der Waals surface area contributed by atoms with Gasteiger partial charge in [-0.15, -0.1) is 0 Å². The van der Waals surface area contributed by atoms with Gasteiger partial charge in [-0.3, -0.25) is 4.79 Å². The molecule has 6 heteroatoms. The van der Waals surface area contributed by atoms with Gasteiger partial charge in [-0.25, -0.2) is 9.37 Å². The molecule has 1 aromatic rings. The van der Waals surface area contributed by atoms with Crippen molar-refractivity contribution in [1.82, 2.24) is 9.88 Å². The van der Waals surface area contributed by atoms with Gasteiger partial charge in [-0.05, 0) is 12.5 Å². The van der Waals surface area contributed by atoms with Crippen LogP contribution in [0.25, 0.3) is 0 Å². The molecule has 19 heavy (non-hydrogen) atoms. The van der Waals surface area contributed by atoms with Crippen LogP contribution in [0.1, 0.15) is 23.7 Å². The fourth-order valence-corrected chi connectivity index (χ4v) is 3.28. The maximum atomic E-state index is 14.1. The Bertz CT molecular complexity index is 469. The lowest BCUT2D eigenvalue weighted by Crippen LogP contribution is -2.42. The van der Waals surface area contributed by atoms with Gasteiger partial charge < -0.3 is 10.2 Å². The van der Waals surface area contributed by atoms with Gasteiger partial charge in [0, 0.05) is 37.3 Å². The van der Waals surface area contributed by atoms with Crippen molar-refractivity contribution in [2.24, 2.45) is 0 Å². The molecule has 0 radical (unpaired) electrons. The van der Waals surface area contributed by atoms with E-state index in [9.17, 15) is 9.18 Å². The van der Waals surface area contributed by atoms with Crippen LogP contribution in [0.3, 0.4) is 0 Å². The Labute approximate surface area is 116 Å². The molecule has 0 aliphatic carbocycles. The predicted molar refractivity (Wildman–Crippen MR) is 76.2 cm³/mol. The molecule has 1 saturated heterocycles. The van der Waals surface area contributed by atoms with E-state index in [1.807, 2.05) is 11.8 Å². The monoisotopic (exact) mass is 283 g/mol. The minimum absolute atomic E-state index is 0.0982. The van der Waals surface area contributed by atoms with Gasteiger partial charge in [0.25, 0.3) is 5.91 Å². The van der Waals surface area contributed by atoms with Crippen molar-refractivity contribution in [3.63, 3.8) is 0 Å². The Morgan fingerprint density at radius 1 is 1.68 bits per heavy atom. The average Bonchev–Trinajstić information content (AvgIpc) is 2.47. The first-order valence-electron chi connectivity index (χ1n) is 6.40. The molecule has 1 amide bonds. The number of hydrogen-bond donors (Lipinski definition) is 1. The van der Waals surface area contributed by atoms with Crippen molar-refractivity contribution in [1.29, 1.82) is 0 Å². The van der Waals surface area contributed by atoms with E-state index in [1.54, 1.807) is 11.9 Å². The standard InChI is InChI=1S/C13H18FN3OS/c1-3-9-8-17(6-7-19-9)13(18)10-4-5-16-12(15-2)11(10)14/h4-5,9H,3,6-8H2,1-2H3,(H,15,16). The molecule has 4 nitrogen and oxygen atoms in total. The van der Waals surface area contributed by atoms with E-state index in [1.165, 1.54) is 12.3 Å². The SMILES string of the molecule is CCC1CN(C(=O)c2ccnc(NC)c2F)CCS1. The number of rotatable bonds is 3. The molecule has 1 fully saturated rings. The van der Waals surface area contributed by atoms with Crippen molar-refractivity contribution in [2.75, 3.05) is 31.2 Å². The summed E-state index contributed by atoms with van der Waals surface area (Å²) in [5.41, 5.74) is 0.0982. The van der Waals surface area contributed by atoms with Crippen molar-refractivity contribution in [2.45, 2.75) is 18.6 Å². The summed E-state index contributed by atoms with van der Waals surface area (Å²) >= 11 is 1.88. The first-order valence-corrected chi connectivity index (χ1v) is 7.45. The van der Waals surface area contributed by atoms with Crippen molar-refractivity contribution in [3.05, 3.63) is 23.6 Å². The summed E-state index contributed by atoms with van der Waals surface area (Å²) in [5.74, 6) is 0.219. The zero-order valence-corrected chi connectivity index (χ0v) is 12.0. The van der Waals surface area contributed by atoms with E-state index < -0.39 is 5.82 Å². The summed E-state index contributed by atoms with van der Waals surface area (Å²) in [4.78, 5) is 18.0. The number of nitrogens with one attached hydrogen (secondary N) is 1. The second kappa shape index (κ2) is 6.23. The summed E-state index contributed by atoms with van der Waals surface area (Å²) < 4.78 is 14.1. The lowest BCUT2D eigenvalue weighted by Gasteiger charge is -2.32. The van der Waals surface area contributed by atoms with E-state index in [0.717, 1.165) is 12.2 Å². The van der Waals surface area contributed by atoms with Crippen molar-refractivity contribution >= 4 is 23.5 Å². The summed E-state index contributed by atoms with van der Waals surface area (Å²) in [6.45, 7) is 3.48. The van der Waals surface area contributed by atoms with Crippen molar-refractivity contribution in [3.8, 4) is 0 Å². The van der Waals surface area contributed by atoms with Gasteiger partial charge in [-0.1, -0.05) is 6.92 Å². The average molecular weight is 283 g/mol. The minimum Gasteiger partial charge on any atom is -0.371 e. The van der Waals surface area contributed by atoms with E-state index in [4.69, 9.17) is 0 Å². The highest BCUT2D eigenvalue weighted by Gasteiger charge is 2.26. The van der Waals surface area contributed by atoms with Gasteiger partial charge in [0.2, 0.25) is 0 Å². The number of anilines is 1. The van der Waals surface area contributed by atoms with Crippen LogP contribution in [0.15, 0.2) is 12.3 Å². The molecule has 0 aromatic carbocycles. The highest BCUT2D eigenvalue weighted by atomic mass is 32.2. The third kappa shape index (κ3) is 3.00. The van der Waals surface area contributed by atoms with Gasteiger partial charge in [0.05, 0.1) is 5.56 Å². The van der Waals surface area contributed by atoms with E-state index in [-0.39, 0.29) is 17.3 Å². The molecule has 0 bridgehead atoms. The molecule has 1 aromatic heterocycles. The zero-order valence-electron chi connectivity index (χ0n) is 11.1. The maximum absolute atomic E-state index is 14.1. The fourth-order valence-electron chi connectivity index (χ4n) is 2.10. The molecular weight excluding hydrogens is 265 g/mol. The maximum Gasteiger partial charge on any atom is 0.257 e. The third-order valence-electron chi connectivity index (χ3n) is 3.24. The van der Waals surface area contributed by atoms with Gasteiger partial charge in [0.15, 0.2) is 11.6 Å². The molecule has 1 aliphatic rings. The Morgan fingerprint density at radius 3 is 3.16 bits per heavy atom. The second-order valence-corrected chi connectivity index (χ2v) is 5.83. The zero-order chi connectivity index (χ0) is 13.8. The Kier molecular flexibility index (Phi) is 4.63. The molecule has 2 rings (SSSR count). The minimum atomic E-state index is -0.568. The first-order chi connectivity index (χ1) is 9.17. The number of carbonyl (C=O) groups is 1. The van der Waals surface area contributed by atoms with Crippen LogP contribution >= 0.6 is 11.8 Å². The summed E-state index contributed by atoms with van der Waals surface area (Å²) in [6.07, 6.45) is 2.48. The Hall–Kier alpha value is -1.30. The van der Waals surface area contributed by atoms with Crippen LogP contribution < -0.4 is 5.32 Å². The topological polar surface area (TPSA) is 45.2 Å². The first kappa shape index (κ1) is 14.1. The Morgan fingerprint density at radius 2 is 2.47 bits per heavy atom. The normalized spacial score (nSPS) is 19.3. The fraction of sp³-hybridized carbons (Fsp3) is 0.538. The van der Waals surface area contributed by atoms with Crippen molar-refractivity contribution < 1.29 is 9.18 Å². The highest BCUT2D eigenvalue weighted by Crippen LogP contribution is 2.24. The number of amides is 1. The number of thioether (sulfide) groups is 1. The van der Waals surface area contributed by atoms with E-state index in [0.29, 0.717) is 18.3 Å². The molecule has 0 saturated carbocycles. The lowest BCUT2D eigenvalue weighted by molar-refractivity contribution is 0.0756. The lowest BCUT2D eigenvalue weighted by atomic mass is 10.2. The van der Waals surface area contributed by atoms with Crippen LogP contribution in [0.5, 0.6) is 0 Å². The summed E-state index contributed by atoms with van der Waals surface area (Å²) in [6, 6.07) is 1.45. The number of hydrogen-bond acceptors (Lipinski definition) is 4. The molecule has 2 heterocycles. The number of nitrogens with zero attached hydrogens (tertiary/aromatic N) is 2. The number of carbonyl (C=O) groups excluding carboxylic acids is 1. The molecule has 1 unspecified atom stereocenters. The highest BCUT2D eigenvalue weighted by molar-refractivity contribution is 8.00. The van der Waals surface area contributed by atoms with Crippen LogP contribution in [0, 0.1) is 5.82 Å². The van der Waals surface area contributed by atoms with E-state index >= 15 is 0 Å². The van der Waals surface area contributed by atoms with Gasteiger partial charge in [-0.2, -0.15) is 11.8 Å². The quantitative estimate of drug-likeness (QED) is 0.924. The molecule has 0 spiro atoms. The summed E-state index contributed by atoms with van der Waals surface area (Å²) in [5, 5.41) is 3.10. The van der Waals surface area contributed by atoms with Gasteiger partial charge in [0.1, 0.15) is 0 Å².